The Morgan fingerprint density at radius 1 is 0.322 bits per heavy atom. The number of nitrogens with zero attached hydrogens (tertiary/aromatic N) is 2. The van der Waals surface area contributed by atoms with Gasteiger partial charge in [0.2, 0.25) is 0 Å². The molecule has 0 spiro atoms. The van der Waals surface area contributed by atoms with E-state index in [4.69, 9.17) is 0 Å². The van der Waals surface area contributed by atoms with E-state index in [0.717, 1.165) is 28.4 Å². The maximum atomic E-state index is 2.47. The first-order valence-electron chi connectivity index (χ1n) is 20.5. The van der Waals surface area contributed by atoms with Crippen molar-refractivity contribution in [1.29, 1.82) is 0 Å². The molecular formula is C57H42N2. The average Bonchev–Trinajstić information content (AvgIpc) is 3.52. The zero-order valence-electron chi connectivity index (χ0n) is 33.2. The molecule has 0 amide bonds. The van der Waals surface area contributed by atoms with Gasteiger partial charge >= 0.3 is 0 Å². The number of hydrogen-bond acceptors (Lipinski definition) is 2. The number of benzene rings is 10. The van der Waals surface area contributed by atoms with E-state index < -0.39 is 0 Å². The van der Waals surface area contributed by atoms with E-state index in [1.807, 2.05) is 0 Å². The van der Waals surface area contributed by atoms with Crippen molar-refractivity contribution in [3.05, 3.63) is 230 Å². The lowest BCUT2D eigenvalue weighted by Crippen LogP contribution is -2.16. The summed E-state index contributed by atoms with van der Waals surface area (Å²) >= 11 is 0. The van der Waals surface area contributed by atoms with Gasteiger partial charge in [0, 0.05) is 39.4 Å². The maximum absolute atomic E-state index is 2.47. The highest BCUT2D eigenvalue weighted by molar-refractivity contribution is 6.10. The van der Waals surface area contributed by atoms with E-state index in [-0.39, 0.29) is 5.41 Å². The summed E-state index contributed by atoms with van der Waals surface area (Å²) in [5, 5.41) is 7.65. The lowest BCUT2D eigenvalue weighted by atomic mass is 9.81. The topological polar surface area (TPSA) is 6.48 Å². The van der Waals surface area contributed by atoms with Crippen LogP contribution in [0.3, 0.4) is 0 Å². The molecule has 0 N–H and O–H groups in total. The summed E-state index contributed by atoms with van der Waals surface area (Å²) in [5.74, 6) is 0. The predicted octanol–water partition coefficient (Wildman–Crippen LogP) is 16.1. The van der Waals surface area contributed by atoms with Crippen LogP contribution >= 0.6 is 0 Å². The highest BCUT2D eigenvalue weighted by Gasteiger charge is 2.38. The molecule has 0 aliphatic heterocycles. The predicted molar refractivity (Wildman–Crippen MR) is 251 cm³/mol. The molecule has 0 radical (unpaired) electrons. The molecule has 0 unspecified atom stereocenters. The van der Waals surface area contributed by atoms with Gasteiger partial charge in [-0.25, -0.2) is 0 Å². The molecule has 0 fully saturated rings. The molecule has 0 saturated heterocycles. The van der Waals surface area contributed by atoms with E-state index in [0.29, 0.717) is 0 Å². The summed E-state index contributed by atoms with van der Waals surface area (Å²) < 4.78 is 0. The maximum Gasteiger partial charge on any atom is 0.0543 e. The van der Waals surface area contributed by atoms with Crippen LogP contribution in [0, 0.1) is 0 Å². The first-order valence-corrected chi connectivity index (χ1v) is 20.5. The first kappa shape index (κ1) is 34.8. The Morgan fingerprint density at radius 2 is 0.881 bits per heavy atom. The highest BCUT2D eigenvalue weighted by atomic mass is 15.2. The number of rotatable bonds is 7. The molecule has 11 rings (SSSR count). The Morgan fingerprint density at radius 3 is 1.64 bits per heavy atom. The fourth-order valence-corrected chi connectivity index (χ4v) is 9.43. The smallest absolute Gasteiger partial charge is 0.0543 e. The van der Waals surface area contributed by atoms with Crippen LogP contribution in [0.15, 0.2) is 218 Å². The van der Waals surface area contributed by atoms with Gasteiger partial charge in [0.05, 0.1) is 5.69 Å². The molecule has 2 nitrogen and oxygen atoms in total. The highest BCUT2D eigenvalue weighted by Crippen LogP contribution is 2.55. The lowest BCUT2D eigenvalue weighted by molar-refractivity contribution is 0.661. The Kier molecular flexibility index (Phi) is 8.20. The Bertz CT molecular complexity index is 3180. The first-order chi connectivity index (χ1) is 29.0. The zero-order valence-corrected chi connectivity index (χ0v) is 33.2. The van der Waals surface area contributed by atoms with Crippen LogP contribution in [0.5, 0.6) is 0 Å². The number of hydrogen-bond donors (Lipinski definition) is 0. The summed E-state index contributed by atoms with van der Waals surface area (Å²) in [6.07, 6.45) is 0. The van der Waals surface area contributed by atoms with Gasteiger partial charge in [0.1, 0.15) is 0 Å². The Hall–Kier alpha value is -7.42. The van der Waals surface area contributed by atoms with E-state index in [1.165, 1.54) is 71.4 Å². The van der Waals surface area contributed by atoms with E-state index in [2.05, 4.69) is 242 Å². The summed E-state index contributed by atoms with van der Waals surface area (Å²) in [4.78, 5) is 4.81. The van der Waals surface area contributed by atoms with Gasteiger partial charge in [-0.3, -0.25) is 0 Å². The third-order valence-corrected chi connectivity index (χ3v) is 12.4. The second-order valence-electron chi connectivity index (χ2n) is 16.2. The molecule has 0 aromatic heterocycles. The van der Waals surface area contributed by atoms with Crippen LogP contribution in [0.1, 0.15) is 25.0 Å². The normalized spacial score (nSPS) is 12.7. The molecule has 10 aromatic carbocycles. The summed E-state index contributed by atoms with van der Waals surface area (Å²) in [6, 6.07) is 79.8. The number of anilines is 6. The van der Waals surface area contributed by atoms with Gasteiger partial charge in [0.15, 0.2) is 0 Å². The van der Waals surface area contributed by atoms with Crippen molar-refractivity contribution >= 4 is 66.4 Å². The molecule has 2 heteroatoms. The Labute approximate surface area is 345 Å². The van der Waals surface area contributed by atoms with Crippen molar-refractivity contribution < 1.29 is 0 Å². The molecule has 0 bridgehead atoms. The van der Waals surface area contributed by atoms with Gasteiger partial charge in [-0.2, -0.15) is 0 Å². The monoisotopic (exact) mass is 754 g/mol. The molecule has 0 atom stereocenters. The fourth-order valence-electron chi connectivity index (χ4n) is 9.43. The van der Waals surface area contributed by atoms with Crippen LogP contribution in [0.2, 0.25) is 0 Å². The second-order valence-corrected chi connectivity index (χ2v) is 16.2. The third-order valence-electron chi connectivity index (χ3n) is 12.4. The van der Waals surface area contributed by atoms with E-state index >= 15 is 0 Å². The van der Waals surface area contributed by atoms with Crippen LogP contribution in [-0.2, 0) is 5.41 Å². The van der Waals surface area contributed by atoms with E-state index in [1.54, 1.807) is 0 Å². The molecule has 10 aromatic rings. The van der Waals surface area contributed by atoms with Crippen LogP contribution in [-0.4, -0.2) is 0 Å². The minimum Gasteiger partial charge on any atom is -0.310 e. The van der Waals surface area contributed by atoms with Crippen molar-refractivity contribution in [3.63, 3.8) is 0 Å². The minimum absolute atomic E-state index is 0.181. The Balaban J connectivity index is 1.06. The molecule has 280 valence electrons. The summed E-state index contributed by atoms with van der Waals surface area (Å²) in [6.45, 7) is 4.77. The zero-order chi connectivity index (χ0) is 39.5. The molecule has 1 aliphatic carbocycles. The quantitative estimate of drug-likeness (QED) is 0.150. The fraction of sp³-hybridized carbons (Fsp3) is 0.0526. The van der Waals surface area contributed by atoms with Crippen LogP contribution in [0.4, 0.5) is 34.1 Å². The van der Waals surface area contributed by atoms with Crippen molar-refractivity contribution in [2.45, 2.75) is 19.3 Å². The van der Waals surface area contributed by atoms with Gasteiger partial charge in [0.25, 0.3) is 0 Å². The molecular weight excluding hydrogens is 713 g/mol. The van der Waals surface area contributed by atoms with Crippen molar-refractivity contribution in [2.75, 3.05) is 9.80 Å². The average molecular weight is 755 g/mol. The molecule has 59 heavy (non-hydrogen) atoms. The summed E-state index contributed by atoms with van der Waals surface area (Å²) in [7, 11) is 0. The van der Waals surface area contributed by atoms with Gasteiger partial charge in [-0.15, -0.1) is 0 Å². The largest absolute Gasteiger partial charge is 0.310 e. The lowest BCUT2D eigenvalue weighted by Gasteiger charge is -2.31. The third kappa shape index (κ3) is 5.87. The van der Waals surface area contributed by atoms with Crippen LogP contribution in [0.25, 0.3) is 54.6 Å². The van der Waals surface area contributed by atoms with E-state index in [9.17, 15) is 0 Å². The van der Waals surface area contributed by atoms with Gasteiger partial charge in [-0.05, 0) is 139 Å². The van der Waals surface area contributed by atoms with Crippen molar-refractivity contribution in [2.24, 2.45) is 0 Å². The number of para-hydroxylation sites is 2. The van der Waals surface area contributed by atoms with Crippen molar-refractivity contribution in [3.8, 4) is 22.3 Å². The second kappa shape index (κ2) is 13.9. The molecule has 0 heterocycles. The van der Waals surface area contributed by atoms with Gasteiger partial charge in [-0.1, -0.05) is 153 Å². The van der Waals surface area contributed by atoms with Gasteiger partial charge < -0.3 is 9.80 Å². The van der Waals surface area contributed by atoms with Crippen LogP contribution < -0.4 is 9.80 Å². The standard InChI is InChI=1S/C57H42N2/c1-57(2)53-25-14-26-55(56(53)52-36-44-30-28-41-16-11-12-24-50(41)51(44)38-54(52)57)59(46-20-7-4-8-21-46)49-23-13-22-48(37-49)58(45-18-5-3-6-19-45)47-33-31-40(32-34-47)43-29-27-39-15-9-10-17-42(39)35-43/h3-38H,1-2H3. The SMILES string of the molecule is CC1(C)c2cc3c(ccc4ccccc43)cc2-c2c(N(c3ccccc3)c3cccc(N(c4ccccc4)c4ccc(-c5ccc6ccccc6c5)cc4)c3)cccc21. The van der Waals surface area contributed by atoms with Crippen molar-refractivity contribution in [1.82, 2.24) is 0 Å². The summed E-state index contributed by atoms with van der Waals surface area (Å²) in [5.41, 5.74) is 14.2. The number of fused-ring (bicyclic) bond motifs is 7. The minimum atomic E-state index is -0.181. The molecule has 0 saturated carbocycles. The molecule has 1 aliphatic rings.